The van der Waals surface area contributed by atoms with E-state index in [1.54, 1.807) is 6.07 Å². The van der Waals surface area contributed by atoms with Gasteiger partial charge in [-0.05, 0) is 31.3 Å². The predicted octanol–water partition coefficient (Wildman–Crippen LogP) is 0.971. The zero-order chi connectivity index (χ0) is 17.6. The van der Waals surface area contributed by atoms with E-state index < -0.39 is 21.7 Å². The van der Waals surface area contributed by atoms with Gasteiger partial charge in [-0.25, -0.2) is 22.5 Å². The molecule has 128 valence electrons. The molecular weight excluding hydrogens is 335 g/mol. The summed E-state index contributed by atoms with van der Waals surface area (Å²) < 4.78 is 38.8. The third-order valence-electron chi connectivity index (χ3n) is 3.15. The third kappa shape index (κ3) is 4.49. The Bertz CT molecular complexity index is 810. The molecule has 0 saturated heterocycles. The Kier molecular flexibility index (Phi) is 5.83. The van der Waals surface area contributed by atoms with E-state index in [1.165, 1.54) is 43.6 Å². The number of hydrogen-bond donors (Lipinski definition) is 3. The standard InChI is InChI=1S/C15H17FN4O3S/c1-17-24(22,23)11-6-7-14(20-10-11)18-8-9-19-15(21)12-4-2-3-5-13(12)16/h2-7,10,17H,8-9H2,1H3,(H,18,20)(H,19,21). The van der Waals surface area contributed by atoms with E-state index >= 15 is 0 Å². The monoisotopic (exact) mass is 352 g/mol. The Morgan fingerprint density at radius 2 is 1.92 bits per heavy atom. The first-order chi connectivity index (χ1) is 11.4. The molecule has 1 aromatic carbocycles. The minimum absolute atomic E-state index is 0.0164. The molecule has 1 aromatic heterocycles. The molecule has 0 bridgehead atoms. The summed E-state index contributed by atoms with van der Waals surface area (Å²) in [6.07, 6.45) is 1.23. The SMILES string of the molecule is CNS(=O)(=O)c1ccc(NCCNC(=O)c2ccccc2F)nc1. The zero-order valence-electron chi connectivity index (χ0n) is 12.9. The van der Waals surface area contributed by atoms with Crippen molar-refractivity contribution in [1.29, 1.82) is 0 Å². The fourth-order valence-electron chi connectivity index (χ4n) is 1.87. The van der Waals surface area contributed by atoms with Crippen LogP contribution < -0.4 is 15.4 Å². The van der Waals surface area contributed by atoms with E-state index in [0.29, 0.717) is 12.4 Å². The van der Waals surface area contributed by atoms with Crippen molar-refractivity contribution in [2.75, 3.05) is 25.5 Å². The van der Waals surface area contributed by atoms with Crippen LogP contribution in [0.5, 0.6) is 0 Å². The molecule has 0 fully saturated rings. The summed E-state index contributed by atoms with van der Waals surface area (Å²) >= 11 is 0. The number of carbonyl (C=O) groups is 1. The van der Waals surface area contributed by atoms with Crippen molar-refractivity contribution in [3.63, 3.8) is 0 Å². The fraction of sp³-hybridized carbons (Fsp3) is 0.200. The number of hydrogen-bond acceptors (Lipinski definition) is 5. The lowest BCUT2D eigenvalue weighted by Crippen LogP contribution is -2.29. The lowest BCUT2D eigenvalue weighted by Gasteiger charge is -2.08. The van der Waals surface area contributed by atoms with Crippen molar-refractivity contribution in [2.24, 2.45) is 0 Å². The molecule has 0 atom stereocenters. The molecule has 0 aliphatic rings. The summed E-state index contributed by atoms with van der Waals surface area (Å²) in [5.74, 6) is -0.616. The molecule has 2 rings (SSSR count). The number of pyridine rings is 1. The fourth-order valence-corrected chi connectivity index (χ4v) is 2.54. The van der Waals surface area contributed by atoms with Crippen LogP contribution in [0, 0.1) is 5.82 Å². The number of halogens is 1. The number of aromatic nitrogens is 1. The van der Waals surface area contributed by atoms with Crippen molar-refractivity contribution in [3.05, 3.63) is 54.0 Å². The maximum atomic E-state index is 13.4. The minimum atomic E-state index is -3.52. The Morgan fingerprint density at radius 1 is 1.17 bits per heavy atom. The van der Waals surface area contributed by atoms with Crippen LogP contribution >= 0.6 is 0 Å². The minimum Gasteiger partial charge on any atom is -0.368 e. The summed E-state index contributed by atoms with van der Waals surface area (Å²) in [6, 6.07) is 8.65. The average molecular weight is 352 g/mol. The van der Waals surface area contributed by atoms with E-state index in [-0.39, 0.29) is 17.0 Å². The molecule has 9 heteroatoms. The number of rotatable bonds is 7. The van der Waals surface area contributed by atoms with Crippen LogP contribution in [0.25, 0.3) is 0 Å². The van der Waals surface area contributed by atoms with E-state index in [0.717, 1.165) is 0 Å². The van der Waals surface area contributed by atoms with Gasteiger partial charge in [0.05, 0.1) is 5.56 Å². The number of nitrogens with zero attached hydrogens (tertiary/aromatic N) is 1. The van der Waals surface area contributed by atoms with Gasteiger partial charge in [0, 0.05) is 19.3 Å². The van der Waals surface area contributed by atoms with Gasteiger partial charge in [0.1, 0.15) is 16.5 Å². The highest BCUT2D eigenvalue weighted by atomic mass is 32.2. The van der Waals surface area contributed by atoms with Crippen LogP contribution in [0.4, 0.5) is 10.2 Å². The molecule has 0 saturated carbocycles. The number of nitrogens with one attached hydrogen (secondary N) is 3. The van der Waals surface area contributed by atoms with Gasteiger partial charge in [-0.2, -0.15) is 0 Å². The van der Waals surface area contributed by atoms with E-state index in [9.17, 15) is 17.6 Å². The molecule has 0 aliphatic carbocycles. The first-order valence-corrected chi connectivity index (χ1v) is 8.58. The molecule has 0 spiro atoms. The average Bonchev–Trinajstić information content (AvgIpc) is 2.59. The van der Waals surface area contributed by atoms with Crippen LogP contribution in [0.2, 0.25) is 0 Å². The molecule has 2 aromatic rings. The molecule has 0 unspecified atom stereocenters. The lowest BCUT2D eigenvalue weighted by atomic mass is 10.2. The Labute approximate surface area is 139 Å². The van der Waals surface area contributed by atoms with Crippen molar-refractivity contribution < 1.29 is 17.6 Å². The second kappa shape index (κ2) is 7.84. The first-order valence-electron chi connectivity index (χ1n) is 7.10. The largest absolute Gasteiger partial charge is 0.368 e. The molecule has 3 N–H and O–H groups in total. The van der Waals surface area contributed by atoms with Gasteiger partial charge in [-0.1, -0.05) is 12.1 Å². The zero-order valence-corrected chi connectivity index (χ0v) is 13.7. The summed E-state index contributed by atoms with van der Waals surface area (Å²) in [7, 11) is -2.20. The van der Waals surface area contributed by atoms with Gasteiger partial charge in [-0.15, -0.1) is 0 Å². The van der Waals surface area contributed by atoms with Crippen LogP contribution in [-0.4, -0.2) is 39.4 Å². The second-order valence-electron chi connectivity index (χ2n) is 4.75. The van der Waals surface area contributed by atoms with Crippen LogP contribution in [-0.2, 0) is 10.0 Å². The van der Waals surface area contributed by atoms with Crippen molar-refractivity contribution in [3.8, 4) is 0 Å². The molecule has 24 heavy (non-hydrogen) atoms. The second-order valence-corrected chi connectivity index (χ2v) is 6.64. The van der Waals surface area contributed by atoms with Gasteiger partial charge in [0.25, 0.3) is 5.91 Å². The normalized spacial score (nSPS) is 11.1. The quantitative estimate of drug-likeness (QED) is 0.645. The predicted molar refractivity (Wildman–Crippen MR) is 87.7 cm³/mol. The maximum Gasteiger partial charge on any atom is 0.254 e. The molecule has 1 amide bonds. The van der Waals surface area contributed by atoms with Gasteiger partial charge in [0.15, 0.2) is 0 Å². The van der Waals surface area contributed by atoms with Crippen LogP contribution in [0.15, 0.2) is 47.5 Å². The van der Waals surface area contributed by atoms with Crippen LogP contribution in [0.3, 0.4) is 0 Å². The number of sulfonamides is 1. The highest BCUT2D eigenvalue weighted by Crippen LogP contribution is 2.10. The van der Waals surface area contributed by atoms with E-state index in [2.05, 4.69) is 20.3 Å². The first kappa shape index (κ1) is 17.8. The topological polar surface area (TPSA) is 100 Å². The van der Waals surface area contributed by atoms with Gasteiger partial charge < -0.3 is 10.6 Å². The molecule has 1 heterocycles. The Hall–Kier alpha value is -2.52. The summed E-state index contributed by atoms with van der Waals surface area (Å²) in [4.78, 5) is 15.8. The molecule has 7 nitrogen and oxygen atoms in total. The van der Waals surface area contributed by atoms with Crippen molar-refractivity contribution in [1.82, 2.24) is 15.0 Å². The molecular formula is C15H17FN4O3S. The summed E-state index contributed by atoms with van der Waals surface area (Å²) in [5.41, 5.74) is -0.0164. The molecule has 0 radical (unpaired) electrons. The van der Waals surface area contributed by atoms with E-state index in [1.807, 2.05) is 0 Å². The number of anilines is 1. The summed E-state index contributed by atoms with van der Waals surface area (Å²) in [5, 5.41) is 5.51. The lowest BCUT2D eigenvalue weighted by molar-refractivity contribution is 0.0951. The Morgan fingerprint density at radius 3 is 2.54 bits per heavy atom. The van der Waals surface area contributed by atoms with Crippen molar-refractivity contribution >= 4 is 21.7 Å². The van der Waals surface area contributed by atoms with Gasteiger partial charge in [-0.3, -0.25) is 4.79 Å². The number of amides is 1. The number of carbonyl (C=O) groups excluding carboxylic acids is 1. The van der Waals surface area contributed by atoms with Crippen LogP contribution in [0.1, 0.15) is 10.4 Å². The van der Waals surface area contributed by atoms with Crippen molar-refractivity contribution in [2.45, 2.75) is 4.90 Å². The third-order valence-corrected chi connectivity index (χ3v) is 4.55. The molecule has 0 aliphatic heterocycles. The number of benzene rings is 1. The van der Waals surface area contributed by atoms with Gasteiger partial charge >= 0.3 is 0 Å². The van der Waals surface area contributed by atoms with Gasteiger partial charge in [0.2, 0.25) is 10.0 Å². The van der Waals surface area contributed by atoms with E-state index in [4.69, 9.17) is 0 Å². The maximum absolute atomic E-state index is 13.4. The summed E-state index contributed by atoms with van der Waals surface area (Å²) in [6.45, 7) is 0.608. The highest BCUT2D eigenvalue weighted by Gasteiger charge is 2.11. The highest BCUT2D eigenvalue weighted by molar-refractivity contribution is 7.89. The smallest absolute Gasteiger partial charge is 0.254 e. The Balaban J connectivity index is 1.83.